The molecular formula is C16H30N4O7S3. The summed E-state index contributed by atoms with van der Waals surface area (Å²) in [5, 5.41) is 6.11. The van der Waals surface area contributed by atoms with E-state index in [1.165, 1.54) is 16.1 Å². The average molecular weight is 487 g/mol. The van der Waals surface area contributed by atoms with Gasteiger partial charge in [-0.25, -0.2) is 21.8 Å². The van der Waals surface area contributed by atoms with Gasteiger partial charge in [0.25, 0.3) is 5.91 Å². The largest absolute Gasteiger partial charge is 0.444 e. The zero-order valence-corrected chi connectivity index (χ0v) is 20.5. The number of sulfonamides is 1. The van der Waals surface area contributed by atoms with Crippen LogP contribution in [-0.4, -0.2) is 75.6 Å². The van der Waals surface area contributed by atoms with Crippen LogP contribution in [-0.2, 0) is 35.1 Å². The predicted octanol–water partition coefficient (Wildman–Crippen LogP) is 1.40. The van der Waals surface area contributed by atoms with Crippen molar-refractivity contribution in [3.05, 3.63) is 0 Å². The summed E-state index contributed by atoms with van der Waals surface area (Å²) >= 11 is -0.502. The molecule has 1 aliphatic heterocycles. The van der Waals surface area contributed by atoms with E-state index in [-0.39, 0.29) is 12.3 Å². The first-order valence-electron chi connectivity index (χ1n) is 9.17. The van der Waals surface area contributed by atoms with Crippen LogP contribution in [0.4, 0.5) is 4.79 Å². The van der Waals surface area contributed by atoms with Crippen molar-refractivity contribution in [2.75, 3.05) is 24.9 Å². The van der Waals surface area contributed by atoms with Crippen LogP contribution in [0.3, 0.4) is 0 Å². The lowest BCUT2D eigenvalue weighted by molar-refractivity contribution is -0.128. The van der Waals surface area contributed by atoms with Gasteiger partial charge in [-0.3, -0.25) is 9.08 Å². The van der Waals surface area contributed by atoms with Crippen LogP contribution < -0.4 is 5.32 Å². The number of amidine groups is 1. The van der Waals surface area contributed by atoms with E-state index >= 15 is 0 Å². The van der Waals surface area contributed by atoms with Gasteiger partial charge in [0, 0.05) is 6.54 Å². The van der Waals surface area contributed by atoms with E-state index in [0.717, 1.165) is 10.6 Å². The molecule has 1 rings (SSSR count). The molecule has 0 saturated carbocycles. The number of amides is 2. The molecule has 2 unspecified atom stereocenters. The number of carbonyl (C=O) groups is 2. The minimum absolute atomic E-state index is 0.0656. The van der Waals surface area contributed by atoms with Crippen LogP contribution in [0.15, 0.2) is 5.16 Å². The summed E-state index contributed by atoms with van der Waals surface area (Å²) in [7, 11) is -3.81. The lowest BCUT2D eigenvalue weighted by Crippen LogP contribution is -2.51. The summed E-state index contributed by atoms with van der Waals surface area (Å²) in [6.07, 6.45) is 2.94. The summed E-state index contributed by atoms with van der Waals surface area (Å²) in [5.41, 5.74) is -0.774. The first-order chi connectivity index (χ1) is 13.8. The molecule has 0 aromatic heterocycles. The SMILES string of the molecule is CSCN(C(=O)C(CCCCN1C(C)=NOS1=O)NC(=O)OC(C)(C)C)S(C)(=O)=O. The van der Waals surface area contributed by atoms with E-state index in [4.69, 9.17) is 4.74 Å². The van der Waals surface area contributed by atoms with Crippen molar-refractivity contribution in [2.45, 2.75) is 58.6 Å². The molecule has 14 heteroatoms. The standard InChI is InChI=1S/C16H30N4O7S3/c1-12-18-27-29(23)19(12)10-8-7-9-13(17-15(22)26-16(2,3)4)14(21)20(11-28-5)30(6,24)25/h13H,7-11H2,1-6H3,(H,17,22). The van der Waals surface area contributed by atoms with Crippen molar-refractivity contribution in [2.24, 2.45) is 5.16 Å². The topological polar surface area (TPSA) is 135 Å². The number of hydrogen-bond acceptors (Lipinski definition) is 9. The molecule has 0 fully saturated rings. The molecule has 174 valence electrons. The van der Waals surface area contributed by atoms with Crippen molar-refractivity contribution in [1.29, 1.82) is 0 Å². The van der Waals surface area contributed by atoms with Gasteiger partial charge in [-0.15, -0.1) is 11.8 Å². The van der Waals surface area contributed by atoms with E-state index in [2.05, 4.69) is 14.8 Å². The average Bonchev–Trinajstić information content (AvgIpc) is 2.90. The minimum atomic E-state index is -3.81. The molecule has 0 aliphatic carbocycles. The first-order valence-corrected chi connectivity index (χ1v) is 13.4. The molecule has 0 aromatic carbocycles. The Kier molecular flexibility index (Phi) is 9.88. The van der Waals surface area contributed by atoms with Crippen molar-refractivity contribution < 1.29 is 31.2 Å². The highest BCUT2D eigenvalue weighted by Crippen LogP contribution is 2.15. The Labute approximate surface area is 184 Å². The van der Waals surface area contributed by atoms with Gasteiger partial charge >= 0.3 is 17.4 Å². The maximum atomic E-state index is 12.9. The number of rotatable bonds is 10. The van der Waals surface area contributed by atoms with Gasteiger partial charge in [0.05, 0.1) is 12.1 Å². The van der Waals surface area contributed by atoms with Gasteiger partial charge in [-0.2, -0.15) is 4.21 Å². The lowest BCUT2D eigenvalue weighted by Gasteiger charge is -2.27. The Hall–Kier alpha value is -1.54. The molecule has 2 atom stereocenters. The summed E-state index contributed by atoms with van der Waals surface area (Å²) in [5.74, 6) is -0.316. The minimum Gasteiger partial charge on any atom is -0.444 e. The molecule has 0 bridgehead atoms. The fraction of sp³-hybridized carbons (Fsp3) is 0.812. The van der Waals surface area contributed by atoms with Gasteiger partial charge in [0.15, 0.2) is 5.84 Å². The maximum Gasteiger partial charge on any atom is 0.408 e. The van der Waals surface area contributed by atoms with Crippen LogP contribution in [0.5, 0.6) is 0 Å². The fourth-order valence-corrected chi connectivity index (χ4v) is 5.12. The Bertz CT molecular complexity index is 780. The van der Waals surface area contributed by atoms with Gasteiger partial charge in [-0.05, 0) is 53.2 Å². The van der Waals surface area contributed by atoms with Crippen LogP contribution in [0, 0.1) is 0 Å². The van der Waals surface area contributed by atoms with Crippen molar-refractivity contribution >= 4 is 50.9 Å². The molecule has 30 heavy (non-hydrogen) atoms. The predicted molar refractivity (Wildman–Crippen MR) is 116 cm³/mol. The van der Waals surface area contributed by atoms with Crippen molar-refractivity contribution in [1.82, 2.24) is 13.9 Å². The summed E-state index contributed by atoms with van der Waals surface area (Å²) in [6, 6.07) is -1.09. The van der Waals surface area contributed by atoms with Crippen molar-refractivity contribution in [3.8, 4) is 0 Å². The zero-order valence-electron chi connectivity index (χ0n) is 18.0. The van der Waals surface area contributed by atoms with Gasteiger partial charge in [0.1, 0.15) is 11.6 Å². The van der Waals surface area contributed by atoms with Crippen LogP contribution in [0.25, 0.3) is 0 Å². The molecule has 1 N–H and O–H groups in total. The molecular weight excluding hydrogens is 456 g/mol. The second kappa shape index (κ2) is 11.2. The second-order valence-electron chi connectivity index (χ2n) is 7.59. The van der Waals surface area contributed by atoms with Gasteiger partial charge in [0.2, 0.25) is 10.0 Å². The molecule has 1 aliphatic rings. The molecule has 1 heterocycles. The molecule has 0 radical (unpaired) electrons. The van der Waals surface area contributed by atoms with E-state index < -0.39 is 44.9 Å². The van der Waals surface area contributed by atoms with E-state index in [9.17, 15) is 22.2 Å². The van der Waals surface area contributed by atoms with Gasteiger partial charge < -0.3 is 10.1 Å². The fourth-order valence-electron chi connectivity index (χ4n) is 2.44. The number of unbranched alkanes of at least 4 members (excludes halogenated alkanes) is 1. The molecule has 0 aromatic rings. The number of carbonyl (C=O) groups excluding carboxylic acids is 2. The summed E-state index contributed by atoms with van der Waals surface area (Å²) in [4.78, 5) is 25.1. The first kappa shape index (κ1) is 26.5. The van der Waals surface area contributed by atoms with Crippen molar-refractivity contribution in [3.63, 3.8) is 0 Å². The monoisotopic (exact) mass is 486 g/mol. The third-order valence-corrected chi connectivity index (χ3v) is 6.56. The summed E-state index contributed by atoms with van der Waals surface area (Å²) in [6.45, 7) is 7.08. The Morgan fingerprint density at radius 2 is 2.00 bits per heavy atom. The number of nitrogens with zero attached hydrogens (tertiary/aromatic N) is 3. The van der Waals surface area contributed by atoms with E-state index in [0.29, 0.717) is 25.2 Å². The Morgan fingerprint density at radius 3 is 2.47 bits per heavy atom. The smallest absolute Gasteiger partial charge is 0.408 e. The normalized spacial score (nSPS) is 17.7. The highest BCUT2D eigenvalue weighted by molar-refractivity contribution is 7.99. The second-order valence-corrected chi connectivity index (χ2v) is 11.4. The van der Waals surface area contributed by atoms with Crippen LogP contribution >= 0.6 is 11.8 Å². The summed E-state index contributed by atoms with van der Waals surface area (Å²) < 4.78 is 47.8. The molecule has 11 nitrogen and oxygen atoms in total. The molecule has 2 amide bonds. The Balaban J connectivity index is 2.83. The number of thioether (sulfide) groups is 1. The number of oxime groups is 1. The van der Waals surface area contributed by atoms with Crippen LogP contribution in [0.2, 0.25) is 0 Å². The van der Waals surface area contributed by atoms with Gasteiger partial charge in [-0.1, -0.05) is 5.16 Å². The third-order valence-electron chi connectivity index (χ3n) is 3.76. The maximum absolute atomic E-state index is 12.9. The number of alkyl carbamates (subject to hydrolysis) is 1. The van der Waals surface area contributed by atoms with Crippen LogP contribution in [0.1, 0.15) is 47.0 Å². The lowest BCUT2D eigenvalue weighted by atomic mass is 10.1. The number of hydrogen-bond donors (Lipinski definition) is 1. The molecule has 0 saturated heterocycles. The molecule has 0 spiro atoms. The number of ether oxygens (including phenoxy) is 1. The third kappa shape index (κ3) is 8.68. The number of nitrogens with one attached hydrogen (secondary N) is 1. The van der Waals surface area contributed by atoms with E-state index in [1.807, 2.05) is 0 Å². The highest BCUT2D eigenvalue weighted by Gasteiger charge is 2.32. The quantitative estimate of drug-likeness (QED) is 0.362. The zero-order chi connectivity index (χ0) is 23.1. The Morgan fingerprint density at radius 1 is 1.37 bits per heavy atom. The highest BCUT2D eigenvalue weighted by atomic mass is 32.2. The van der Waals surface area contributed by atoms with E-state index in [1.54, 1.807) is 34.0 Å².